The molecule has 1 aromatic carbocycles. The molecule has 1 N–H and O–H groups in total. The van der Waals surface area contributed by atoms with Gasteiger partial charge in [-0.1, -0.05) is 29.7 Å². The molecule has 3 aromatic rings. The molecule has 0 bridgehead atoms. The summed E-state index contributed by atoms with van der Waals surface area (Å²) in [5.41, 5.74) is 2.11. The number of carbonyl (C=O) groups excluding carboxylic acids is 1. The Morgan fingerprint density at radius 1 is 1.38 bits per heavy atom. The Labute approximate surface area is 195 Å². The number of rotatable bonds is 6. The van der Waals surface area contributed by atoms with Crippen LogP contribution in [-0.2, 0) is 21.2 Å². The number of hydrogen-bond acceptors (Lipinski definition) is 7. The summed E-state index contributed by atoms with van der Waals surface area (Å²) in [7, 11) is -3.74. The van der Waals surface area contributed by atoms with Crippen LogP contribution in [0, 0.1) is 12.8 Å². The van der Waals surface area contributed by atoms with Gasteiger partial charge in [0.1, 0.15) is 4.21 Å². The van der Waals surface area contributed by atoms with Crippen LogP contribution in [0.15, 0.2) is 38.4 Å². The number of aryl methyl sites for hydroxylation is 2. The Balaban J connectivity index is 1.48. The number of hydrogen-bond donors (Lipinski definition) is 1. The van der Waals surface area contributed by atoms with E-state index in [4.69, 9.17) is 16.1 Å². The summed E-state index contributed by atoms with van der Waals surface area (Å²) >= 11 is 7.33. The predicted molar refractivity (Wildman–Crippen MR) is 123 cm³/mol. The van der Waals surface area contributed by atoms with Crippen LogP contribution in [0.3, 0.4) is 0 Å². The zero-order valence-electron chi connectivity index (χ0n) is 17.7. The van der Waals surface area contributed by atoms with Crippen molar-refractivity contribution in [3.8, 4) is 11.4 Å². The topological polar surface area (TPSA) is 105 Å². The lowest BCUT2D eigenvalue weighted by molar-refractivity contribution is -0.120. The van der Waals surface area contributed by atoms with Crippen molar-refractivity contribution >= 4 is 44.6 Å². The van der Waals surface area contributed by atoms with Gasteiger partial charge >= 0.3 is 0 Å². The van der Waals surface area contributed by atoms with Crippen LogP contribution in [0.1, 0.15) is 31.2 Å². The van der Waals surface area contributed by atoms with E-state index in [-0.39, 0.29) is 16.7 Å². The standard InChI is InChI=1S/C21H23ClN4O4S2/c1-3-18-24-20(25-30-18)15-10-19(31-12-15)32(28,29)26-8-4-5-14(11-26)21(27)23-17-7-6-13(2)9-16(17)22/h6-7,9-10,12,14H,3-5,8,11H2,1-2H3,(H,23,27)/t14-/m1/s1. The van der Waals surface area contributed by atoms with E-state index in [2.05, 4.69) is 15.5 Å². The molecule has 8 nitrogen and oxygen atoms in total. The van der Waals surface area contributed by atoms with Crippen molar-refractivity contribution in [1.29, 1.82) is 0 Å². The van der Waals surface area contributed by atoms with Gasteiger partial charge in [0.25, 0.3) is 10.0 Å². The van der Waals surface area contributed by atoms with Gasteiger partial charge < -0.3 is 9.84 Å². The molecule has 0 saturated carbocycles. The second kappa shape index (κ2) is 9.30. The van der Waals surface area contributed by atoms with E-state index in [0.29, 0.717) is 53.8 Å². The first-order valence-electron chi connectivity index (χ1n) is 10.3. The van der Waals surface area contributed by atoms with Crippen molar-refractivity contribution in [1.82, 2.24) is 14.4 Å². The summed E-state index contributed by atoms with van der Waals surface area (Å²) < 4.78 is 33.1. The fourth-order valence-electron chi connectivity index (χ4n) is 3.54. The number of nitrogens with zero attached hydrogens (tertiary/aromatic N) is 3. The first-order valence-corrected chi connectivity index (χ1v) is 13.0. The minimum absolute atomic E-state index is 0.118. The summed E-state index contributed by atoms with van der Waals surface area (Å²) in [5, 5.41) is 8.89. The number of aromatic nitrogens is 2. The normalized spacial score (nSPS) is 17.4. The number of thiophene rings is 1. The number of nitrogens with one attached hydrogen (secondary N) is 1. The van der Waals surface area contributed by atoms with Gasteiger partial charge in [0.15, 0.2) is 0 Å². The van der Waals surface area contributed by atoms with Gasteiger partial charge in [-0.3, -0.25) is 4.79 Å². The van der Waals surface area contributed by atoms with E-state index in [9.17, 15) is 13.2 Å². The van der Waals surface area contributed by atoms with Crippen LogP contribution in [0.25, 0.3) is 11.4 Å². The lowest BCUT2D eigenvalue weighted by atomic mass is 9.98. The highest BCUT2D eigenvalue weighted by molar-refractivity contribution is 7.91. The van der Waals surface area contributed by atoms with Crippen LogP contribution in [-0.4, -0.2) is 41.9 Å². The highest BCUT2D eigenvalue weighted by Crippen LogP contribution is 2.32. The lowest BCUT2D eigenvalue weighted by Gasteiger charge is -2.30. The van der Waals surface area contributed by atoms with Crippen molar-refractivity contribution < 1.29 is 17.7 Å². The van der Waals surface area contributed by atoms with E-state index in [1.165, 1.54) is 4.31 Å². The van der Waals surface area contributed by atoms with Crippen LogP contribution < -0.4 is 5.32 Å². The second-order valence-electron chi connectivity index (χ2n) is 7.69. The molecule has 32 heavy (non-hydrogen) atoms. The number of piperidine rings is 1. The van der Waals surface area contributed by atoms with E-state index < -0.39 is 15.9 Å². The molecular weight excluding hydrogens is 472 g/mol. The van der Waals surface area contributed by atoms with E-state index >= 15 is 0 Å². The lowest BCUT2D eigenvalue weighted by Crippen LogP contribution is -2.43. The Morgan fingerprint density at radius 2 is 2.19 bits per heavy atom. The van der Waals surface area contributed by atoms with Gasteiger partial charge in [0.05, 0.1) is 16.6 Å². The molecule has 1 aliphatic heterocycles. The average Bonchev–Trinajstić information content (AvgIpc) is 3.45. The van der Waals surface area contributed by atoms with E-state index in [0.717, 1.165) is 16.9 Å². The highest BCUT2D eigenvalue weighted by atomic mass is 35.5. The number of anilines is 1. The van der Waals surface area contributed by atoms with Gasteiger partial charge in [-0.25, -0.2) is 8.42 Å². The van der Waals surface area contributed by atoms with Crippen molar-refractivity contribution in [2.24, 2.45) is 5.92 Å². The molecule has 11 heteroatoms. The molecule has 1 fully saturated rings. The molecule has 3 heterocycles. The fraction of sp³-hybridized carbons (Fsp3) is 0.381. The minimum atomic E-state index is -3.74. The van der Waals surface area contributed by atoms with E-state index in [1.807, 2.05) is 19.9 Å². The second-order valence-corrected chi connectivity index (χ2v) is 11.2. The van der Waals surface area contributed by atoms with Gasteiger partial charge in [0, 0.05) is 30.5 Å². The molecule has 1 saturated heterocycles. The van der Waals surface area contributed by atoms with E-state index in [1.54, 1.807) is 23.6 Å². The van der Waals surface area contributed by atoms with Crippen LogP contribution in [0.5, 0.6) is 0 Å². The monoisotopic (exact) mass is 494 g/mol. The molecule has 1 amide bonds. The van der Waals surface area contributed by atoms with Crippen LogP contribution >= 0.6 is 22.9 Å². The molecule has 170 valence electrons. The predicted octanol–water partition coefficient (Wildman–Crippen LogP) is 4.36. The number of benzene rings is 1. The molecule has 0 aliphatic carbocycles. The Morgan fingerprint density at radius 3 is 2.91 bits per heavy atom. The van der Waals surface area contributed by atoms with Gasteiger partial charge in [-0.15, -0.1) is 11.3 Å². The molecular formula is C21H23ClN4O4S2. The zero-order chi connectivity index (χ0) is 22.9. The maximum atomic E-state index is 13.2. The first kappa shape index (κ1) is 22.9. The van der Waals surface area contributed by atoms with Crippen molar-refractivity contribution in [3.63, 3.8) is 0 Å². The van der Waals surface area contributed by atoms with Crippen LogP contribution in [0.2, 0.25) is 5.02 Å². The summed E-state index contributed by atoms with van der Waals surface area (Å²) in [6.07, 6.45) is 1.81. The molecule has 4 rings (SSSR count). The summed E-state index contributed by atoms with van der Waals surface area (Å²) in [4.78, 5) is 17.1. The Kier molecular flexibility index (Phi) is 6.66. The summed E-state index contributed by atoms with van der Waals surface area (Å²) in [5.74, 6) is 0.167. The first-order chi connectivity index (χ1) is 15.3. The molecule has 1 aliphatic rings. The van der Waals surface area contributed by atoms with Crippen molar-refractivity contribution in [2.75, 3.05) is 18.4 Å². The van der Waals surface area contributed by atoms with Gasteiger partial charge in [-0.2, -0.15) is 9.29 Å². The SMILES string of the molecule is CCc1nc(-c2csc(S(=O)(=O)N3CCC[C@@H](C(=O)Nc4ccc(C)cc4Cl)C3)c2)no1. The Bertz CT molecular complexity index is 1240. The number of halogens is 1. The minimum Gasteiger partial charge on any atom is -0.339 e. The number of carbonyl (C=O) groups is 1. The van der Waals surface area contributed by atoms with Crippen molar-refractivity contribution in [3.05, 3.63) is 46.1 Å². The molecule has 1 atom stereocenters. The molecule has 0 unspecified atom stereocenters. The van der Waals surface area contributed by atoms with Gasteiger partial charge in [-0.05, 0) is 43.5 Å². The smallest absolute Gasteiger partial charge is 0.252 e. The maximum Gasteiger partial charge on any atom is 0.252 e. The molecule has 0 radical (unpaired) electrons. The van der Waals surface area contributed by atoms with Gasteiger partial charge in [0.2, 0.25) is 17.6 Å². The summed E-state index contributed by atoms with van der Waals surface area (Å²) in [6, 6.07) is 6.94. The zero-order valence-corrected chi connectivity index (χ0v) is 20.1. The summed E-state index contributed by atoms with van der Waals surface area (Å²) in [6.45, 7) is 4.30. The third-order valence-electron chi connectivity index (χ3n) is 5.34. The van der Waals surface area contributed by atoms with Crippen molar-refractivity contribution in [2.45, 2.75) is 37.3 Å². The third-order valence-corrected chi connectivity index (χ3v) is 8.93. The quantitative estimate of drug-likeness (QED) is 0.545. The molecule has 0 spiro atoms. The highest BCUT2D eigenvalue weighted by Gasteiger charge is 2.34. The largest absolute Gasteiger partial charge is 0.339 e. The maximum absolute atomic E-state index is 13.2. The average molecular weight is 495 g/mol. The number of amides is 1. The Hall–Kier alpha value is -2.27. The third kappa shape index (κ3) is 4.73. The van der Waals surface area contributed by atoms with Crippen LogP contribution in [0.4, 0.5) is 5.69 Å². The fourth-order valence-corrected chi connectivity index (χ4v) is 6.66. The number of sulfonamides is 1. The molecule has 2 aromatic heterocycles.